The Morgan fingerprint density at radius 3 is 2.28 bits per heavy atom. The number of ether oxygens (including phenoxy) is 1. The average Bonchev–Trinajstić information content (AvgIpc) is 2.72. The standard InChI is InChI=1S/C23H29N3O3/c1-17-7-6-8-18(2)23(17)24-21(27)16-25-11-13-26(14-12-25)22(28)15-19-9-4-5-10-20(19)29-3/h4-10H,11-16H2,1-3H3,(H,24,27). The lowest BCUT2D eigenvalue weighted by Crippen LogP contribution is -2.50. The van der Waals surface area contributed by atoms with Gasteiger partial charge in [-0.05, 0) is 31.0 Å². The fourth-order valence-electron chi connectivity index (χ4n) is 3.67. The van der Waals surface area contributed by atoms with Crippen LogP contribution in [0.3, 0.4) is 0 Å². The summed E-state index contributed by atoms with van der Waals surface area (Å²) in [6.45, 7) is 6.97. The number of para-hydroxylation sites is 2. The van der Waals surface area contributed by atoms with Crippen LogP contribution in [0.25, 0.3) is 0 Å². The molecule has 1 aliphatic heterocycles. The second-order valence-corrected chi connectivity index (χ2v) is 7.46. The Kier molecular flexibility index (Phi) is 6.88. The highest BCUT2D eigenvalue weighted by Gasteiger charge is 2.23. The fraction of sp³-hybridized carbons (Fsp3) is 0.391. The smallest absolute Gasteiger partial charge is 0.238 e. The van der Waals surface area contributed by atoms with Crippen LogP contribution in [0.15, 0.2) is 42.5 Å². The molecule has 0 aliphatic carbocycles. The third-order valence-corrected chi connectivity index (χ3v) is 5.37. The van der Waals surface area contributed by atoms with Gasteiger partial charge in [-0.3, -0.25) is 14.5 Å². The summed E-state index contributed by atoms with van der Waals surface area (Å²) in [6, 6.07) is 13.6. The molecule has 1 saturated heterocycles. The number of anilines is 1. The van der Waals surface area contributed by atoms with E-state index in [9.17, 15) is 9.59 Å². The topological polar surface area (TPSA) is 61.9 Å². The zero-order valence-electron chi connectivity index (χ0n) is 17.4. The van der Waals surface area contributed by atoms with Gasteiger partial charge in [0, 0.05) is 37.4 Å². The van der Waals surface area contributed by atoms with Gasteiger partial charge in [0.25, 0.3) is 0 Å². The zero-order chi connectivity index (χ0) is 20.8. The molecule has 0 spiro atoms. The van der Waals surface area contributed by atoms with Gasteiger partial charge in [0.15, 0.2) is 0 Å². The number of hydrogen-bond acceptors (Lipinski definition) is 4. The Labute approximate surface area is 172 Å². The molecule has 0 radical (unpaired) electrons. The molecular formula is C23H29N3O3. The Morgan fingerprint density at radius 2 is 1.62 bits per heavy atom. The van der Waals surface area contributed by atoms with Crippen LogP contribution in [0.1, 0.15) is 16.7 Å². The third-order valence-electron chi connectivity index (χ3n) is 5.37. The molecule has 0 saturated carbocycles. The highest BCUT2D eigenvalue weighted by atomic mass is 16.5. The van der Waals surface area contributed by atoms with Crippen LogP contribution in [0.5, 0.6) is 5.75 Å². The van der Waals surface area contributed by atoms with Crippen LogP contribution in [0.2, 0.25) is 0 Å². The quantitative estimate of drug-likeness (QED) is 0.817. The molecule has 2 aromatic rings. The minimum atomic E-state index is -0.0174. The normalized spacial score (nSPS) is 14.5. The predicted octanol–water partition coefficient (Wildman–Crippen LogP) is 2.64. The lowest BCUT2D eigenvalue weighted by atomic mass is 10.1. The van der Waals surface area contributed by atoms with Crippen LogP contribution < -0.4 is 10.1 Å². The van der Waals surface area contributed by atoms with Crippen molar-refractivity contribution >= 4 is 17.5 Å². The maximum atomic E-state index is 12.7. The molecular weight excluding hydrogens is 366 g/mol. The highest BCUT2D eigenvalue weighted by Crippen LogP contribution is 2.20. The zero-order valence-corrected chi connectivity index (χ0v) is 17.4. The van der Waals surface area contributed by atoms with Crippen LogP contribution in [0.4, 0.5) is 5.69 Å². The number of carbonyl (C=O) groups excluding carboxylic acids is 2. The first-order valence-electron chi connectivity index (χ1n) is 9.96. The molecule has 0 aromatic heterocycles. The van der Waals surface area contributed by atoms with Gasteiger partial charge < -0.3 is 15.0 Å². The Morgan fingerprint density at radius 1 is 0.966 bits per heavy atom. The van der Waals surface area contributed by atoms with Crippen molar-refractivity contribution in [1.29, 1.82) is 0 Å². The van der Waals surface area contributed by atoms with E-state index >= 15 is 0 Å². The van der Waals surface area contributed by atoms with Gasteiger partial charge in [-0.25, -0.2) is 0 Å². The van der Waals surface area contributed by atoms with Crippen LogP contribution >= 0.6 is 0 Å². The number of hydrogen-bond donors (Lipinski definition) is 1. The molecule has 29 heavy (non-hydrogen) atoms. The summed E-state index contributed by atoms with van der Waals surface area (Å²) in [4.78, 5) is 29.1. The number of methoxy groups -OCH3 is 1. The monoisotopic (exact) mass is 395 g/mol. The van der Waals surface area contributed by atoms with Crippen LogP contribution in [0, 0.1) is 13.8 Å². The van der Waals surface area contributed by atoms with Gasteiger partial charge in [-0.15, -0.1) is 0 Å². The van der Waals surface area contributed by atoms with Crippen molar-refractivity contribution in [3.8, 4) is 5.75 Å². The summed E-state index contributed by atoms with van der Waals surface area (Å²) < 4.78 is 5.34. The molecule has 1 fully saturated rings. The number of rotatable bonds is 6. The Bertz CT molecular complexity index is 853. The number of benzene rings is 2. The van der Waals surface area contributed by atoms with Crippen molar-refractivity contribution in [2.24, 2.45) is 0 Å². The van der Waals surface area contributed by atoms with Crippen molar-refractivity contribution < 1.29 is 14.3 Å². The van der Waals surface area contributed by atoms with Gasteiger partial charge in [-0.1, -0.05) is 36.4 Å². The molecule has 0 atom stereocenters. The van der Waals surface area contributed by atoms with Gasteiger partial charge >= 0.3 is 0 Å². The molecule has 3 rings (SSSR count). The first-order chi connectivity index (χ1) is 14.0. The summed E-state index contributed by atoms with van der Waals surface area (Å²) in [7, 11) is 1.62. The maximum absolute atomic E-state index is 12.7. The van der Waals surface area contributed by atoms with E-state index in [-0.39, 0.29) is 11.8 Å². The molecule has 2 amide bonds. The predicted molar refractivity (Wildman–Crippen MR) is 114 cm³/mol. The van der Waals surface area contributed by atoms with Crippen LogP contribution in [-0.2, 0) is 16.0 Å². The minimum absolute atomic E-state index is 0.0174. The van der Waals surface area contributed by atoms with E-state index in [1.165, 1.54) is 0 Å². The second-order valence-electron chi connectivity index (χ2n) is 7.46. The SMILES string of the molecule is COc1ccccc1CC(=O)N1CCN(CC(=O)Nc2c(C)cccc2C)CC1. The van der Waals surface area contributed by atoms with Gasteiger partial charge in [0.1, 0.15) is 5.75 Å². The summed E-state index contributed by atoms with van der Waals surface area (Å²) in [5.41, 5.74) is 3.91. The van der Waals surface area contributed by atoms with E-state index in [1.54, 1.807) is 7.11 Å². The Balaban J connectivity index is 1.49. The maximum Gasteiger partial charge on any atom is 0.238 e. The highest BCUT2D eigenvalue weighted by molar-refractivity contribution is 5.93. The van der Waals surface area contributed by atoms with E-state index in [0.29, 0.717) is 39.1 Å². The van der Waals surface area contributed by atoms with Crippen LogP contribution in [-0.4, -0.2) is 61.4 Å². The first kappa shape index (κ1) is 20.9. The van der Waals surface area contributed by atoms with E-state index in [4.69, 9.17) is 4.74 Å². The molecule has 0 bridgehead atoms. The third kappa shape index (κ3) is 5.35. The summed E-state index contributed by atoms with van der Waals surface area (Å²) in [5.74, 6) is 0.813. The van der Waals surface area contributed by atoms with Crippen molar-refractivity contribution in [2.45, 2.75) is 20.3 Å². The number of piperazine rings is 1. The lowest BCUT2D eigenvalue weighted by Gasteiger charge is -2.34. The number of carbonyl (C=O) groups is 2. The summed E-state index contributed by atoms with van der Waals surface area (Å²) in [6.07, 6.45) is 0.330. The molecule has 1 N–H and O–H groups in total. The van der Waals surface area contributed by atoms with Crippen molar-refractivity contribution in [3.05, 3.63) is 59.2 Å². The largest absolute Gasteiger partial charge is 0.496 e. The van der Waals surface area contributed by atoms with E-state index in [2.05, 4.69) is 10.2 Å². The molecule has 1 aliphatic rings. The molecule has 6 nitrogen and oxygen atoms in total. The lowest BCUT2D eigenvalue weighted by molar-refractivity contribution is -0.132. The summed E-state index contributed by atoms with van der Waals surface area (Å²) >= 11 is 0. The average molecular weight is 396 g/mol. The van der Waals surface area contributed by atoms with E-state index in [1.807, 2.05) is 61.2 Å². The van der Waals surface area contributed by atoms with Crippen molar-refractivity contribution in [3.63, 3.8) is 0 Å². The number of nitrogens with zero attached hydrogens (tertiary/aromatic N) is 2. The Hall–Kier alpha value is -2.86. The van der Waals surface area contributed by atoms with E-state index < -0.39 is 0 Å². The minimum Gasteiger partial charge on any atom is -0.496 e. The second kappa shape index (κ2) is 9.56. The number of aryl methyl sites for hydroxylation is 2. The van der Waals surface area contributed by atoms with Crippen molar-refractivity contribution in [2.75, 3.05) is 45.2 Å². The number of nitrogens with one attached hydrogen (secondary N) is 1. The fourth-order valence-corrected chi connectivity index (χ4v) is 3.67. The number of amides is 2. The van der Waals surface area contributed by atoms with Crippen molar-refractivity contribution in [1.82, 2.24) is 9.80 Å². The summed E-state index contributed by atoms with van der Waals surface area (Å²) in [5, 5.41) is 3.03. The van der Waals surface area contributed by atoms with Gasteiger partial charge in [0.05, 0.1) is 20.1 Å². The van der Waals surface area contributed by atoms with Gasteiger partial charge in [-0.2, -0.15) is 0 Å². The molecule has 0 unspecified atom stereocenters. The molecule has 2 aromatic carbocycles. The van der Waals surface area contributed by atoms with Gasteiger partial charge in [0.2, 0.25) is 11.8 Å². The molecule has 154 valence electrons. The molecule has 1 heterocycles. The van der Waals surface area contributed by atoms with E-state index in [0.717, 1.165) is 28.1 Å². The first-order valence-corrected chi connectivity index (χ1v) is 9.96. The molecule has 6 heteroatoms.